The fraction of sp³-hybridized carbons (Fsp3) is 0.200. The summed E-state index contributed by atoms with van der Waals surface area (Å²) < 4.78 is 0. The number of anilines is 1. The molecule has 2 heteroatoms. The summed E-state index contributed by atoms with van der Waals surface area (Å²) in [6.45, 7) is 0. The lowest BCUT2D eigenvalue weighted by molar-refractivity contribution is 0.652. The molecule has 0 heterocycles. The van der Waals surface area contributed by atoms with Gasteiger partial charge in [0.15, 0.2) is 0 Å². The number of hydrogen-bond acceptors (Lipinski definition) is 2. The zero-order valence-electron chi connectivity index (χ0n) is 9.77. The molecule has 0 spiro atoms. The van der Waals surface area contributed by atoms with E-state index in [2.05, 4.69) is 18.2 Å². The molecule has 2 aromatic carbocycles. The predicted molar refractivity (Wildman–Crippen MR) is 71.4 cm³/mol. The Morgan fingerprint density at radius 1 is 1.12 bits per heavy atom. The van der Waals surface area contributed by atoms with E-state index in [4.69, 9.17) is 11.5 Å². The van der Waals surface area contributed by atoms with Gasteiger partial charge in [0.1, 0.15) is 0 Å². The van der Waals surface area contributed by atoms with Crippen molar-refractivity contribution in [2.75, 3.05) is 5.73 Å². The van der Waals surface area contributed by atoms with Crippen LogP contribution in [-0.2, 0) is 6.42 Å². The molecule has 1 radical (unpaired) electrons. The maximum Gasteiger partial charge on any atom is 0.0352 e. The van der Waals surface area contributed by atoms with E-state index in [9.17, 15) is 0 Å². The van der Waals surface area contributed by atoms with E-state index in [1.54, 1.807) is 0 Å². The third kappa shape index (κ3) is 3.08. The zero-order chi connectivity index (χ0) is 12.1. The normalized spacial score (nSPS) is 12.3. The van der Waals surface area contributed by atoms with Crippen LogP contribution in [0.4, 0.5) is 5.69 Å². The number of nitrogens with two attached hydrogens (primary N) is 2. The Morgan fingerprint density at radius 3 is 2.59 bits per heavy atom. The van der Waals surface area contributed by atoms with Gasteiger partial charge in [0.2, 0.25) is 0 Å². The molecule has 2 aromatic rings. The largest absolute Gasteiger partial charge is 0.398 e. The molecule has 17 heavy (non-hydrogen) atoms. The molecule has 0 unspecified atom stereocenters. The molecule has 0 fully saturated rings. The second-order valence-electron chi connectivity index (χ2n) is 4.18. The van der Waals surface area contributed by atoms with Crippen LogP contribution in [0.3, 0.4) is 0 Å². The van der Waals surface area contributed by atoms with Crippen molar-refractivity contribution < 1.29 is 0 Å². The Labute approximate surface area is 102 Å². The molecule has 1 atom stereocenters. The van der Waals surface area contributed by atoms with E-state index in [0.717, 1.165) is 24.1 Å². The first-order chi connectivity index (χ1) is 8.27. The van der Waals surface area contributed by atoms with Gasteiger partial charge in [-0.2, -0.15) is 0 Å². The van der Waals surface area contributed by atoms with Gasteiger partial charge in [0, 0.05) is 11.7 Å². The molecule has 0 amide bonds. The van der Waals surface area contributed by atoms with E-state index < -0.39 is 0 Å². The van der Waals surface area contributed by atoms with E-state index in [0.29, 0.717) is 0 Å². The number of rotatable bonds is 4. The molecule has 0 saturated carbocycles. The highest BCUT2D eigenvalue weighted by Crippen LogP contribution is 2.19. The highest BCUT2D eigenvalue weighted by Gasteiger charge is 2.06. The molecule has 0 bridgehead atoms. The summed E-state index contributed by atoms with van der Waals surface area (Å²) in [4.78, 5) is 0. The van der Waals surface area contributed by atoms with Gasteiger partial charge in [-0.3, -0.25) is 0 Å². The minimum atomic E-state index is 0.0692. The van der Waals surface area contributed by atoms with Gasteiger partial charge in [-0.25, -0.2) is 0 Å². The van der Waals surface area contributed by atoms with Crippen LogP contribution in [0.25, 0.3) is 0 Å². The Bertz CT molecular complexity index is 465. The lowest BCUT2D eigenvalue weighted by Crippen LogP contribution is -2.11. The van der Waals surface area contributed by atoms with Gasteiger partial charge in [0.25, 0.3) is 0 Å². The third-order valence-electron chi connectivity index (χ3n) is 2.94. The molecule has 0 aliphatic heterocycles. The average molecular weight is 225 g/mol. The number of hydrogen-bond donors (Lipinski definition) is 2. The van der Waals surface area contributed by atoms with Crippen molar-refractivity contribution in [3.8, 4) is 0 Å². The van der Waals surface area contributed by atoms with Crippen molar-refractivity contribution in [3.63, 3.8) is 0 Å². The second-order valence-corrected chi connectivity index (χ2v) is 4.18. The minimum Gasteiger partial charge on any atom is -0.398 e. The van der Waals surface area contributed by atoms with Gasteiger partial charge in [-0.15, -0.1) is 0 Å². The quantitative estimate of drug-likeness (QED) is 0.786. The standard InChI is InChI=1S/C15H17N2/c16-14-9-5-4-8-13(14)10-11-15(17)12-6-2-1-3-7-12/h1-4,6-9,15H,10-11,16-17H2/t15-/m0/s1. The van der Waals surface area contributed by atoms with Crippen molar-refractivity contribution in [1.29, 1.82) is 0 Å². The first-order valence-electron chi connectivity index (χ1n) is 5.82. The van der Waals surface area contributed by atoms with Crippen molar-refractivity contribution >= 4 is 5.69 Å². The number of aryl methyl sites for hydroxylation is 1. The van der Waals surface area contributed by atoms with Gasteiger partial charge in [-0.1, -0.05) is 42.5 Å². The molecule has 4 N–H and O–H groups in total. The Balaban J connectivity index is 1.97. The van der Waals surface area contributed by atoms with Gasteiger partial charge < -0.3 is 11.5 Å². The maximum absolute atomic E-state index is 6.14. The smallest absolute Gasteiger partial charge is 0.0352 e. The van der Waals surface area contributed by atoms with Crippen molar-refractivity contribution in [2.45, 2.75) is 18.9 Å². The molecule has 87 valence electrons. The summed E-state index contributed by atoms with van der Waals surface area (Å²) in [5, 5.41) is 0. The van der Waals surface area contributed by atoms with Gasteiger partial charge in [-0.05, 0) is 36.1 Å². The average Bonchev–Trinajstić information content (AvgIpc) is 2.38. The lowest BCUT2D eigenvalue weighted by Gasteiger charge is -2.12. The van der Waals surface area contributed by atoms with Crippen LogP contribution in [0.15, 0.2) is 48.5 Å². The molecule has 0 aliphatic rings. The van der Waals surface area contributed by atoms with Crippen LogP contribution < -0.4 is 11.5 Å². The monoisotopic (exact) mass is 225 g/mol. The van der Waals surface area contributed by atoms with Gasteiger partial charge in [0.05, 0.1) is 0 Å². The lowest BCUT2D eigenvalue weighted by atomic mass is 9.99. The Hall–Kier alpha value is -1.80. The molecule has 2 nitrogen and oxygen atoms in total. The highest BCUT2D eigenvalue weighted by atomic mass is 14.6. The number of nitrogen functional groups attached to an aromatic ring is 1. The first kappa shape index (κ1) is 11.7. The fourth-order valence-corrected chi connectivity index (χ4v) is 1.88. The van der Waals surface area contributed by atoms with Crippen LogP contribution >= 0.6 is 0 Å². The van der Waals surface area contributed by atoms with E-state index in [1.165, 1.54) is 5.56 Å². The molecule has 2 rings (SSSR count). The van der Waals surface area contributed by atoms with Crippen molar-refractivity contribution in [1.82, 2.24) is 0 Å². The van der Waals surface area contributed by atoms with Crippen molar-refractivity contribution in [3.05, 3.63) is 65.7 Å². The molecule has 0 saturated heterocycles. The van der Waals surface area contributed by atoms with E-state index >= 15 is 0 Å². The van der Waals surface area contributed by atoms with Crippen LogP contribution in [0.1, 0.15) is 23.6 Å². The fourth-order valence-electron chi connectivity index (χ4n) is 1.88. The second kappa shape index (κ2) is 5.51. The summed E-state index contributed by atoms with van der Waals surface area (Å²) in [6, 6.07) is 18.9. The predicted octanol–water partition coefficient (Wildman–Crippen LogP) is 2.70. The Morgan fingerprint density at radius 2 is 1.88 bits per heavy atom. The highest BCUT2D eigenvalue weighted by molar-refractivity contribution is 5.46. The van der Waals surface area contributed by atoms with E-state index in [-0.39, 0.29) is 6.04 Å². The summed E-state index contributed by atoms with van der Waals surface area (Å²) in [7, 11) is 0. The minimum absolute atomic E-state index is 0.0692. The Kier molecular flexibility index (Phi) is 3.78. The topological polar surface area (TPSA) is 52.0 Å². The van der Waals surface area contributed by atoms with Crippen LogP contribution in [0, 0.1) is 6.07 Å². The molecule has 0 aromatic heterocycles. The zero-order valence-corrected chi connectivity index (χ0v) is 9.77. The van der Waals surface area contributed by atoms with Crippen LogP contribution in [0.2, 0.25) is 0 Å². The van der Waals surface area contributed by atoms with Crippen molar-refractivity contribution in [2.24, 2.45) is 5.73 Å². The van der Waals surface area contributed by atoms with E-state index in [1.807, 2.05) is 36.4 Å². The first-order valence-corrected chi connectivity index (χ1v) is 5.82. The summed E-state index contributed by atoms with van der Waals surface area (Å²) in [5.74, 6) is 0. The molecular formula is C15H17N2. The molecular weight excluding hydrogens is 208 g/mol. The summed E-state index contributed by atoms with van der Waals surface area (Å²) in [6.07, 6.45) is 1.80. The summed E-state index contributed by atoms with van der Waals surface area (Å²) >= 11 is 0. The van der Waals surface area contributed by atoms with Gasteiger partial charge >= 0.3 is 0 Å². The maximum atomic E-state index is 6.14. The SMILES string of the molecule is Nc1c[c]ccc1CC[C@H](N)c1ccccc1. The number of benzene rings is 2. The van der Waals surface area contributed by atoms with Crippen LogP contribution in [-0.4, -0.2) is 0 Å². The summed E-state index contributed by atoms with van der Waals surface area (Å²) in [5.41, 5.74) is 15.1. The molecule has 0 aliphatic carbocycles. The third-order valence-corrected chi connectivity index (χ3v) is 2.94. The van der Waals surface area contributed by atoms with Crippen LogP contribution in [0.5, 0.6) is 0 Å².